The quantitative estimate of drug-likeness (QED) is 0.307. The van der Waals surface area contributed by atoms with Crippen LogP contribution in [-0.2, 0) is 0 Å². The number of nitrogens with zero attached hydrogens (tertiary/aromatic N) is 1. The lowest BCUT2D eigenvalue weighted by Gasteiger charge is -2.11. The van der Waals surface area contributed by atoms with Crippen molar-refractivity contribution in [3.63, 3.8) is 0 Å². The van der Waals surface area contributed by atoms with Crippen LogP contribution in [0.2, 0.25) is 0 Å². The second-order valence-electron chi connectivity index (χ2n) is 8.66. The molecule has 0 atom stereocenters. The Morgan fingerprint density at radius 1 is 0.812 bits per heavy atom. The lowest BCUT2D eigenvalue weighted by Crippen LogP contribution is -2.25. The molecule has 0 aliphatic heterocycles. The molecule has 0 saturated heterocycles. The van der Waals surface area contributed by atoms with E-state index < -0.39 is 0 Å². The number of fused-ring (bicyclic) bond motifs is 1. The van der Waals surface area contributed by atoms with Gasteiger partial charge in [-0.2, -0.15) is 0 Å². The predicted octanol–water partition coefficient (Wildman–Crippen LogP) is 7.12. The Kier molecular flexibility index (Phi) is 6.96. The van der Waals surface area contributed by atoms with Crippen LogP contribution in [0.4, 0.5) is 0 Å². The number of carbonyl (C=O) groups excluding carboxylic acids is 1. The van der Waals surface area contributed by atoms with Crippen molar-refractivity contribution >= 4 is 16.8 Å². The molecule has 0 aliphatic carbocycles. The van der Waals surface area contributed by atoms with Gasteiger partial charge >= 0.3 is 0 Å². The summed E-state index contributed by atoms with van der Waals surface area (Å²) in [6, 6.07) is 28.5. The summed E-state index contributed by atoms with van der Waals surface area (Å²) in [5.41, 5.74) is 5.68. The maximum absolute atomic E-state index is 13.0. The van der Waals surface area contributed by atoms with E-state index in [1.165, 1.54) is 12.0 Å². The Balaban J connectivity index is 1.58. The van der Waals surface area contributed by atoms with Gasteiger partial charge in [0.25, 0.3) is 5.91 Å². The molecule has 0 radical (unpaired) electrons. The summed E-state index contributed by atoms with van der Waals surface area (Å²) < 4.78 is 0. The van der Waals surface area contributed by atoms with Crippen LogP contribution in [0, 0.1) is 5.92 Å². The number of hydrogen-bond donors (Lipinski definition) is 1. The van der Waals surface area contributed by atoms with Crippen molar-refractivity contribution in [3.05, 3.63) is 90.5 Å². The van der Waals surface area contributed by atoms with Crippen LogP contribution in [0.5, 0.6) is 0 Å². The number of amides is 1. The number of pyridine rings is 1. The minimum absolute atomic E-state index is 0.0321. The third-order valence-corrected chi connectivity index (χ3v) is 5.74. The summed E-state index contributed by atoms with van der Waals surface area (Å²) in [6.45, 7) is 5.16. The van der Waals surface area contributed by atoms with Gasteiger partial charge in [-0.3, -0.25) is 4.79 Å². The van der Waals surface area contributed by atoms with E-state index in [1.807, 2.05) is 48.5 Å². The lowest BCUT2D eigenvalue weighted by molar-refractivity contribution is 0.0954. The summed E-state index contributed by atoms with van der Waals surface area (Å²) >= 11 is 0. The minimum atomic E-state index is -0.0321. The molecule has 4 aromatic rings. The van der Waals surface area contributed by atoms with Gasteiger partial charge in [0.2, 0.25) is 0 Å². The third kappa shape index (κ3) is 5.23. The van der Waals surface area contributed by atoms with Crippen LogP contribution >= 0.6 is 0 Å². The second kappa shape index (κ2) is 10.2. The largest absolute Gasteiger partial charge is 0.352 e. The zero-order valence-electron chi connectivity index (χ0n) is 18.8. The predicted molar refractivity (Wildman–Crippen MR) is 134 cm³/mol. The summed E-state index contributed by atoms with van der Waals surface area (Å²) in [5, 5.41) is 3.99. The Bertz CT molecular complexity index is 1180. The maximum Gasteiger partial charge on any atom is 0.252 e. The number of aromatic nitrogens is 1. The fraction of sp³-hybridized carbons (Fsp3) is 0.241. The molecule has 0 saturated carbocycles. The van der Waals surface area contributed by atoms with E-state index in [0.717, 1.165) is 40.6 Å². The van der Waals surface area contributed by atoms with Crippen LogP contribution in [0.15, 0.2) is 84.9 Å². The second-order valence-corrected chi connectivity index (χ2v) is 8.66. The van der Waals surface area contributed by atoms with E-state index in [2.05, 4.69) is 55.6 Å². The Labute approximate surface area is 190 Å². The molecule has 3 aromatic carbocycles. The van der Waals surface area contributed by atoms with Crippen LogP contribution in [-0.4, -0.2) is 17.4 Å². The van der Waals surface area contributed by atoms with Gasteiger partial charge in [0.1, 0.15) is 0 Å². The average molecular weight is 423 g/mol. The molecule has 32 heavy (non-hydrogen) atoms. The summed E-state index contributed by atoms with van der Waals surface area (Å²) in [4.78, 5) is 17.9. The van der Waals surface area contributed by atoms with E-state index in [0.29, 0.717) is 18.0 Å². The van der Waals surface area contributed by atoms with Crippen LogP contribution in [0.3, 0.4) is 0 Å². The van der Waals surface area contributed by atoms with Gasteiger partial charge in [0, 0.05) is 17.5 Å². The molecule has 0 bridgehead atoms. The van der Waals surface area contributed by atoms with Crippen molar-refractivity contribution in [1.82, 2.24) is 10.3 Å². The molecular weight excluding hydrogens is 392 g/mol. The third-order valence-electron chi connectivity index (χ3n) is 5.74. The Hall–Kier alpha value is -3.46. The average Bonchev–Trinajstić information content (AvgIpc) is 2.83. The first kappa shape index (κ1) is 21.8. The van der Waals surface area contributed by atoms with Crippen molar-refractivity contribution in [2.75, 3.05) is 6.54 Å². The zero-order chi connectivity index (χ0) is 22.3. The number of rotatable bonds is 8. The highest BCUT2D eigenvalue weighted by Gasteiger charge is 2.14. The molecule has 0 spiro atoms. The highest BCUT2D eigenvalue weighted by atomic mass is 16.1. The number of carbonyl (C=O) groups is 1. The van der Waals surface area contributed by atoms with Crippen molar-refractivity contribution in [2.24, 2.45) is 5.92 Å². The number of benzene rings is 3. The minimum Gasteiger partial charge on any atom is -0.352 e. The van der Waals surface area contributed by atoms with E-state index in [-0.39, 0.29) is 5.91 Å². The Morgan fingerprint density at radius 3 is 2.22 bits per heavy atom. The van der Waals surface area contributed by atoms with Gasteiger partial charge in [-0.25, -0.2) is 4.98 Å². The molecule has 3 heteroatoms. The molecule has 0 fully saturated rings. The van der Waals surface area contributed by atoms with Crippen LogP contribution in [0.25, 0.3) is 33.3 Å². The maximum atomic E-state index is 13.0. The number of para-hydroxylation sites is 1. The normalized spacial score (nSPS) is 11.1. The highest BCUT2D eigenvalue weighted by Crippen LogP contribution is 2.27. The van der Waals surface area contributed by atoms with Crippen molar-refractivity contribution < 1.29 is 4.79 Å². The number of hydrogen-bond acceptors (Lipinski definition) is 2. The molecule has 1 heterocycles. The number of unbranched alkanes of at least 4 members (excludes halogenated alkanes) is 1. The van der Waals surface area contributed by atoms with Crippen molar-refractivity contribution in [3.8, 4) is 22.4 Å². The molecular formula is C29H30N2O. The first-order chi connectivity index (χ1) is 15.6. The van der Waals surface area contributed by atoms with Gasteiger partial charge in [-0.15, -0.1) is 0 Å². The topological polar surface area (TPSA) is 42.0 Å². The lowest BCUT2D eigenvalue weighted by atomic mass is 10.0. The molecule has 1 N–H and O–H groups in total. The monoisotopic (exact) mass is 422 g/mol. The Morgan fingerprint density at radius 2 is 1.47 bits per heavy atom. The fourth-order valence-corrected chi connectivity index (χ4v) is 3.95. The van der Waals surface area contributed by atoms with E-state index >= 15 is 0 Å². The first-order valence-corrected chi connectivity index (χ1v) is 11.5. The fourth-order valence-electron chi connectivity index (χ4n) is 3.95. The summed E-state index contributed by atoms with van der Waals surface area (Å²) in [7, 11) is 0. The van der Waals surface area contributed by atoms with E-state index in [1.54, 1.807) is 0 Å². The number of nitrogens with one attached hydrogen (secondary N) is 1. The standard InChI is InChI=1S/C29H30N2O/c1-21(2)10-8-9-19-30-29(32)26-20-28(31-27-14-7-6-13-25(26)27)24-17-15-23(16-18-24)22-11-4-3-5-12-22/h3-7,11-18,20-21H,8-10,19H2,1-2H3,(H,30,32). The molecule has 0 unspecified atom stereocenters. The summed E-state index contributed by atoms with van der Waals surface area (Å²) in [5.74, 6) is 0.668. The molecule has 3 nitrogen and oxygen atoms in total. The SMILES string of the molecule is CC(C)CCCCNC(=O)c1cc(-c2ccc(-c3ccccc3)cc2)nc2ccccc12. The zero-order valence-corrected chi connectivity index (χ0v) is 18.8. The van der Waals surface area contributed by atoms with Crippen LogP contribution < -0.4 is 5.32 Å². The smallest absolute Gasteiger partial charge is 0.252 e. The first-order valence-electron chi connectivity index (χ1n) is 11.5. The molecule has 162 valence electrons. The molecule has 1 aromatic heterocycles. The highest BCUT2D eigenvalue weighted by molar-refractivity contribution is 6.07. The van der Waals surface area contributed by atoms with Crippen molar-refractivity contribution in [1.29, 1.82) is 0 Å². The molecule has 1 amide bonds. The van der Waals surface area contributed by atoms with E-state index in [9.17, 15) is 4.79 Å². The van der Waals surface area contributed by atoms with Gasteiger partial charge in [-0.05, 0) is 35.6 Å². The summed E-state index contributed by atoms with van der Waals surface area (Å²) in [6.07, 6.45) is 3.33. The van der Waals surface area contributed by atoms with Gasteiger partial charge in [0.15, 0.2) is 0 Å². The van der Waals surface area contributed by atoms with E-state index in [4.69, 9.17) is 4.98 Å². The van der Waals surface area contributed by atoms with Gasteiger partial charge in [0.05, 0.1) is 16.8 Å². The van der Waals surface area contributed by atoms with Gasteiger partial charge in [-0.1, -0.05) is 99.5 Å². The van der Waals surface area contributed by atoms with Crippen molar-refractivity contribution in [2.45, 2.75) is 33.1 Å². The van der Waals surface area contributed by atoms with Gasteiger partial charge < -0.3 is 5.32 Å². The molecule has 0 aliphatic rings. The molecule has 4 rings (SSSR count). The van der Waals surface area contributed by atoms with Crippen LogP contribution in [0.1, 0.15) is 43.5 Å².